The minimum Gasteiger partial charge on any atom is -0.324 e. The Morgan fingerprint density at radius 3 is 2.76 bits per heavy atom. The van der Waals surface area contributed by atoms with Crippen molar-refractivity contribution in [2.75, 3.05) is 0 Å². The summed E-state index contributed by atoms with van der Waals surface area (Å²) in [5.74, 6) is 0. The van der Waals surface area contributed by atoms with Crippen molar-refractivity contribution in [2.24, 2.45) is 5.73 Å². The third-order valence-electron chi connectivity index (χ3n) is 2.53. The fourth-order valence-electron chi connectivity index (χ4n) is 1.61. The Morgan fingerprint density at radius 2 is 2.12 bits per heavy atom. The number of halogens is 2. The summed E-state index contributed by atoms with van der Waals surface area (Å²) in [6.07, 6.45) is 2.48. The fourth-order valence-corrected chi connectivity index (χ4v) is 2.04. The Labute approximate surface area is 114 Å². The van der Waals surface area contributed by atoms with Gasteiger partial charge in [0.25, 0.3) is 0 Å². The summed E-state index contributed by atoms with van der Waals surface area (Å²) < 4.78 is 0.882. The number of aromatic nitrogens is 1. The molecule has 0 radical (unpaired) electrons. The molecule has 0 aliphatic rings. The van der Waals surface area contributed by atoms with Crippen molar-refractivity contribution in [1.82, 2.24) is 4.98 Å². The molecule has 2 N–H and O–H groups in total. The third kappa shape index (κ3) is 3.28. The SMILES string of the molecule is NC(Cc1ccccn1)c1ccc(Br)c(Cl)c1. The van der Waals surface area contributed by atoms with Crippen LogP contribution in [0.2, 0.25) is 5.02 Å². The number of nitrogens with zero attached hydrogens (tertiary/aromatic N) is 1. The van der Waals surface area contributed by atoms with E-state index in [0.717, 1.165) is 15.7 Å². The summed E-state index contributed by atoms with van der Waals surface area (Å²) in [4.78, 5) is 4.26. The van der Waals surface area contributed by atoms with Crippen LogP contribution in [0.5, 0.6) is 0 Å². The molecule has 0 fully saturated rings. The van der Waals surface area contributed by atoms with Crippen LogP contribution in [0.1, 0.15) is 17.3 Å². The van der Waals surface area contributed by atoms with Gasteiger partial charge < -0.3 is 5.73 Å². The molecule has 2 nitrogen and oxygen atoms in total. The summed E-state index contributed by atoms with van der Waals surface area (Å²) in [5, 5.41) is 0.680. The topological polar surface area (TPSA) is 38.9 Å². The molecule has 1 heterocycles. The van der Waals surface area contributed by atoms with Gasteiger partial charge in [-0.2, -0.15) is 0 Å². The first-order valence-electron chi connectivity index (χ1n) is 5.27. The highest BCUT2D eigenvalue weighted by Gasteiger charge is 2.09. The Kier molecular flexibility index (Phi) is 4.15. The van der Waals surface area contributed by atoms with Gasteiger partial charge in [-0.05, 0) is 45.8 Å². The van der Waals surface area contributed by atoms with Crippen molar-refractivity contribution in [2.45, 2.75) is 12.5 Å². The van der Waals surface area contributed by atoms with Gasteiger partial charge in [0, 0.05) is 28.8 Å². The van der Waals surface area contributed by atoms with Gasteiger partial charge in [0.1, 0.15) is 0 Å². The van der Waals surface area contributed by atoms with Crippen LogP contribution >= 0.6 is 27.5 Å². The van der Waals surface area contributed by atoms with Crippen LogP contribution in [0.4, 0.5) is 0 Å². The average Bonchev–Trinajstić information content (AvgIpc) is 2.34. The highest BCUT2D eigenvalue weighted by Crippen LogP contribution is 2.26. The van der Waals surface area contributed by atoms with Gasteiger partial charge in [-0.15, -0.1) is 0 Å². The van der Waals surface area contributed by atoms with E-state index in [1.54, 1.807) is 6.20 Å². The molecule has 1 aromatic heterocycles. The lowest BCUT2D eigenvalue weighted by Gasteiger charge is -2.12. The van der Waals surface area contributed by atoms with E-state index in [9.17, 15) is 0 Å². The molecule has 2 aromatic rings. The molecule has 0 aliphatic heterocycles. The molecular formula is C13H12BrClN2. The predicted octanol–water partition coefficient (Wildman–Crippen LogP) is 3.74. The van der Waals surface area contributed by atoms with Crippen molar-refractivity contribution in [3.05, 3.63) is 63.3 Å². The van der Waals surface area contributed by atoms with E-state index in [4.69, 9.17) is 17.3 Å². The minimum absolute atomic E-state index is 0.0875. The number of hydrogen-bond donors (Lipinski definition) is 1. The maximum absolute atomic E-state index is 6.13. The molecular weight excluding hydrogens is 300 g/mol. The fraction of sp³-hybridized carbons (Fsp3) is 0.154. The maximum Gasteiger partial charge on any atom is 0.0551 e. The van der Waals surface area contributed by atoms with Crippen LogP contribution in [0.3, 0.4) is 0 Å². The minimum atomic E-state index is -0.0875. The van der Waals surface area contributed by atoms with Gasteiger partial charge in [-0.3, -0.25) is 4.98 Å². The van der Waals surface area contributed by atoms with Crippen molar-refractivity contribution in [1.29, 1.82) is 0 Å². The Hall–Kier alpha value is -0.900. The molecule has 1 unspecified atom stereocenters. The average molecular weight is 312 g/mol. The smallest absolute Gasteiger partial charge is 0.0551 e. The third-order valence-corrected chi connectivity index (χ3v) is 3.76. The molecule has 0 bridgehead atoms. The van der Waals surface area contributed by atoms with Crippen LogP contribution < -0.4 is 5.73 Å². The largest absolute Gasteiger partial charge is 0.324 e. The van der Waals surface area contributed by atoms with E-state index in [0.29, 0.717) is 11.4 Å². The van der Waals surface area contributed by atoms with Gasteiger partial charge in [-0.25, -0.2) is 0 Å². The zero-order chi connectivity index (χ0) is 12.3. The zero-order valence-corrected chi connectivity index (χ0v) is 11.4. The first-order chi connectivity index (χ1) is 8.16. The lowest BCUT2D eigenvalue weighted by Crippen LogP contribution is -2.14. The molecule has 88 valence electrons. The van der Waals surface area contributed by atoms with Gasteiger partial charge in [0.15, 0.2) is 0 Å². The molecule has 0 saturated carbocycles. The van der Waals surface area contributed by atoms with Crippen molar-refractivity contribution >= 4 is 27.5 Å². The summed E-state index contributed by atoms with van der Waals surface area (Å²) in [5.41, 5.74) is 8.13. The zero-order valence-electron chi connectivity index (χ0n) is 9.11. The molecule has 4 heteroatoms. The second-order valence-electron chi connectivity index (χ2n) is 3.81. The number of rotatable bonds is 3. The van der Waals surface area contributed by atoms with E-state index >= 15 is 0 Å². The van der Waals surface area contributed by atoms with Gasteiger partial charge in [-0.1, -0.05) is 23.7 Å². The predicted molar refractivity (Wildman–Crippen MR) is 74.0 cm³/mol. The normalized spacial score (nSPS) is 12.4. The van der Waals surface area contributed by atoms with Crippen molar-refractivity contribution in [3.8, 4) is 0 Å². The summed E-state index contributed by atoms with van der Waals surface area (Å²) in [6, 6.07) is 11.5. The summed E-state index contributed by atoms with van der Waals surface area (Å²) in [7, 11) is 0. The van der Waals surface area contributed by atoms with E-state index in [2.05, 4.69) is 20.9 Å². The number of nitrogens with two attached hydrogens (primary N) is 1. The van der Waals surface area contributed by atoms with E-state index < -0.39 is 0 Å². The van der Waals surface area contributed by atoms with Crippen LogP contribution in [-0.2, 0) is 6.42 Å². The van der Waals surface area contributed by atoms with Crippen molar-refractivity contribution < 1.29 is 0 Å². The molecule has 17 heavy (non-hydrogen) atoms. The highest BCUT2D eigenvalue weighted by molar-refractivity contribution is 9.10. The van der Waals surface area contributed by atoms with Crippen LogP contribution in [0, 0.1) is 0 Å². The quantitative estimate of drug-likeness (QED) is 0.938. The van der Waals surface area contributed by atoms with Crippen LogP contribution in [0.15, 0.2) is 47.1 Å². The molecule has 0 spiro atoms. The second-order valence-corrected chi connectivity index (χ2v) is 5.07. The summed E-state index contributed by atoms with van der Waals surface area (Å²) >= 11 is 9.40. The molecule has 1 atom stereocenters. The Bertz CT molecular complexity index is 502. The van der Waals surface area contributed by atoms with Gasteiger partial charge in [0.2, 0.25) is 0 Å². The molecule has 1 aromatic carbocycles. The number of benzene rings is 1. The number of pyridine rings is 1. The molecule has 2 rings (SSSR count). The highest BCUT2D eigenvalue weighted by atomic mass is 79.9. The molecule has 0 amide bonds. The van der Waals surface area contributed by atoms with E-state index in [-0.39, 0.29) is 6.04 Å². The van der Waals surface area contributed by atoms with E-state index in [1.807, 2.05) is 36.4 Å². The first kappa shape index (κ1) is 12.6. The van der Waals surface area contributed by atoms with Crippen LogP contribution in [-0.4, -0.2) is 4.98 Å². The monoisotopic (exact) mass is 310 g/mol. The number of hydrogen-bond acceptors (Lipinski definition) is 2. The Balaban J connectivity index is 2.14. The molecule has 0 saturated heterocycles. The van der Waals surface area contributed by atoms with Crippen molar-refractivity contribution in [3.63, 3.8) is 0 Å². The summed E-state index contributed by atoms with van der Waals surface area (Å²) in [6.45, 7) is 0. The van der Waals surface area contributed by atoms with Crippen LogP contribution in [0.25, 0.3) is 0 Å². The lowest BCUT2D eigenvalue weighted by molar-refractivity contribution is 0.706. The van der Waals surface area contributed by atoms with Gasteiger partial charge in [0.05, 0.1) is 5.02 Å². The standard InChI is InChI=1S/C13H12BrClN2/c14-11-5-4-9(7-12(11)15)13(16)8-10-3-1-2-6-17-10/h1-7,13H,8,16H2. The maximum atomic E-state index is 6.13. The van der Waals surface area contributed by atoms with Gasteiger partial charge >= 0.3 is 0 Å². The lowest BCUT2D eigenvalue weighted by atomic mass is 10.0. The molecule has 0 aliphatic carbocycles. The first-order valence-corrected chi connectivity index (χ1v) is 6.44. The Morgan fingerprint density at radius 1 is 1.29 bits per heavy atom. The second kappa shape index (κ2) is 5.63. The van der Waals surface area contributed by atoms with E-state index in [1.165, 1.54) is 0 Å².